The van der Waals surface area contributed by atoms with Gasteiger partial charge in [-0.25, -0.2) is 9.59 Å². The van der Waals surface area contributed by atoms with Crippen molar-refractivity contribution in [2.24, 2.45) is 0 Å². The van der Waals surface area contributed by atoms with Crippen molar-refractivity contribution < 1.29 is 13.9 Å². The van der Waals surface area contributed by atoms with Crippen LogP contribution in [-0.2, 0) is 16.1 Å². The van der Waals surface area contributed by atoms with Crippen LogP contribution in [-0.4, -0.2) is 17.6 Å². The molecule has 7 heteroatoms. The molecule has 0 radical (unpaired) electrons. The van der Waals surface area contributed by atoms with Crippen LogP contribution < -0.4 is 11.4 Å². The highest BCUT2D eigenvalue weighted by Crippen LogP contribution is 2.15. The minimum absolute atomic E-state index is 0.131. The molecule has 1 aromatic carbocycles. The number of halogens is 1. The molecule has 94 valence electrons. The number of hydrogen-bond acceptors (Lipinski definition) is 5. The minimum Gasteiger partial charge on any atom is -0.468 e. The molecule has 0 aliphatic carbocycles. The standard InChI is InChI=1S/C11H8ClNO5/c1-17-9(14)5-13-8-3-2-6(12)4-7(8)10(15)18-11(13)16/h2-4H,5H2,1H3. The van der Waals surface area contributed by atoms with Crippen molar-refractivity contribution >= 4 is 28.5 Å². The number of benzene rings is 1. The van der Waals surface area contributed by atoms with Gasteiger partial charge in [0.15, 0.2) is 0 Å². The van der Waals surface area contributed by atoms with Crippen molar-refractivity contribution in [2.45, 2.75) is 6.54 Å². The molecule has 0 unspecified atom stereocenters. The molecule has 0 amide bonds. The lowest BCUT2D eigenvalue weighted by Crippen LogP contribution is -2.28. The maximum atomic E-state index is 11.5. The number of aromatic nitrogens is 1. The van der Waals surface area contributed by atoms with E-state index in [0.29, 0.717) is 5.02 Å². The summed E-state index contributed by atoms with van der Waals surface area (Å²) in [6, 6.07) is 4.35. The number of fused-ring (bicyclic) bond motifs is 1. The van der Waals surface area contributed by atoms with Gasteiger partial charge < -0.3 is 9.15 Å². The van der Waals surface area contributed by atoms with Crippen LogP contribution in [0.3, 0.4) is 0 Å². The van der Waals surface area contributed by atoms with Crippen LogP contribution in [0.5, 0.6) is 0 Å². The molecule has 2 rings (SSSR count). The lowest BCUT2D eigenvalue weighted by molar-refractivity contribution is -0.141. The van der Waals surface area contributed by atoms with Crippen LogP contribution >= 0.6 is 11.6 Å². The molecule has 0 saturated heterocycles. The SMILES string of the molecule is COC(=O)Cn1c(=O)oc(=O)c2cc(Cl)ccc21. The minimum atomic E-state index is -0.916. The quantitative estimate of drug-likeness (QED) is 0.753. The van der Waals surface area contributed by atoms with E-state index in [1.807, 2.05) is 0 Å². The number of esters is 1. The third-order valence-corrected chi connectivity index (χ3v) is 2.62. The summed E-state index contributed by atoms with van der Waals surface area (Å²) in [5.41, 5.74) is -0.523. The van der Waals surface area contributed by atoms with Crippen molar-refractivity contribution in [3.05, 3.63) is 44.2 Å². The predicted octanol–water partition coefficient (Wildman–Crippen LogP) is 0.781. The Morgan fingerprint density at radius 1 is 1.44 bits per heavy atom. The fraction of sp³-hybridized carbons (Fsp3) is 0.182. The molecule has 0 aliphatic rings. The predicted molar refractivity (Wildman–Crippen MR) is 63.8 cm³/mol. The lowest BCUT2D eigenvalue weighted by Gasteiger charge is -2.06. The van der Waals surface area contributed by atoms with Gasteiger partial charge >= 0.3 is 17.4 Å². The Morgan fingerprint density at radius 2 is 2.17 bits per heavy atom. The second-order valence-electron chi connectivity index (χ2n) is 3.48. The zero-order chi connectivity index (χ0) is 13.3. The van der Waals surface area contributed by atoms with E-state index in [-0.39, 0.29) is 17.4 Å². The second kappa shape index (κ2) is 4.66. The molecule has 1 aromatic heterocycles. The average molecular weight is 270 g/mol. The van der Waals surface area contributed by atoms with E-state index in [1.54, 1.807) is 0 Å². The summed E-state index contributed by atoms with van der Waals surface area (Å²) >= 11 is 5.76. The first-order valence-corrected chi connectivity index (χ1v) is 5.30. The summed E-state index contributed by atoms with van der Waals surface area (Å²) in [6.07, 6.45) is 0. The molecule has 18 heavy (non-hydrogen) atoms. The molecule has 0 aliphatic heterocycles. The highest BCUT2D eigenvalue weighted by molar-refractivity contribution is 6.31. The maximum Gasteiger partial charge on any atom is 0.422 e. The molecular formula is C11H8ClNO5. The Labute approximate surface area is 105 Å². The largest absolute Gasteiger partial charge is 0.468 e. The lowest BCUT2D eigenvalue weighted by atomic mass is 10.2. The zero-order valence-electron chi connectivity index (χ0n) is 9.31. The van der Waals surface area contributed by atoms with Crippen LogP contribution in [0.1, 0.15) is 0 Å². The Morgan fingerprint density at radius 3 is 2.83 bits per heavy atom. The monoisotopic (exact) mass is 269 g/mol. The zero-order valence-corrected chi connectivity index (χ0v) is 10.1. The molecule has 0 N–H and O–H groups in total. The van der Waals surface area contributed by atoms with Gasteiger partial charge in [0.2, 0.25) is 0 Å². The highest BCUT2D eigenvalue weighted by atomic mass is 35.5. The topological polar surface area (TPSA) is 78.5 Å². The van der Waals surface area contributed by atoms with Crippen LogP contribution in [0.25, 0.3) is 10.9 Å². The fourth-order valence-electron chi connectivity index (χ4n) is 1.54. The molecule has 1 heterocycles. The number of ether oxygens (including phenoxy) is 1. The number of rotatable bonds is 2. The number of carbonyl (C=O) groups excluding carboxylic acids is 1. The van der Waals surface area contributed by atoms with Crippen molar-refractivity contribution in [3.63, 3.8) is 0 Å². The van der Waals surface area contributed by atoms with Gasteiger partial charge in [-0.2, -0.15) is 0 Å². The van der Waals surface area contributed by atoms with E-state index >= 15 is 0 Å². The van der Waals surface area contributed by atoms with Crippen LogP contribution in [0.2, 0.25) is 5.02 Å². The Balaban J connectivity index is 2.76. The van der Waals surface area contributed by atoms with E-state index in [2.05, 4.69) is 9.15 Å². The second-order valence-corrected chi connectivity index (χ2v) is 3.92. The summed E-state index contributed by atoms with van der Waals surface area (Å²) in [5.74, 6) is -1.54. The number of nitrogens with zero attached hydrogens (tertiary/aromatic N) is 1. The average Bonchev–Trinajstić information content (AvgIpc) is 2.34. The van der Waals surface area contributed by atoms with E-state index in [1.165, 1.54) is 25.3 Å². The van der Waals surface area contributed by atoms with Crippen molar-refractivity contribution in [1.82, 2.24) is 4.57 Å². The summed E-state index contributed by atoms with van der Waals surface area (Å²) in [5, 5.41) is 0.462. The normalized spacial score (nSPS) is 10.6. The van der Waals surface area contributed by atoms with Crippen LogP contribution in [0, 0.1) is 0 Å². The Bertz CT molecular complexity index is 730. The molecule has 6 nitrogen and oxygen atoms in total. The number of hydrogen-bond donors (Lipinski definition) is 0. The third kappa shape index (κ3) is 2.14. The van der Waals surface area contributed by atoms with Crippen molar-refractivity contribution in [2.75, 3.05) is 7.11 Å². The van der Waals surface area contributed by atoms with Gasteiger partial charge in [-0.3, -0.25) is 9.36 Å². The van der Waals surface area contributed by atoms with Crippen molar-refractivity contribution in [3.8, 4) is 0 Å². The van der Waals surface area contributed by atoms with Crippen molar-refractivity contribution in [1.29, 1.82) is 0 Å². The smallest absolute Gasteiger partial charge is 0.422 e. The molecule has 0 spiro atoms. The molecular weight excluding hydrogens is 262 g/mol. The summed E-state index contributed by atoms with van der Waals surface area (Å²) in [6.45, 7) is -0.336. The van der Waals surface area contributed by atoms with E-state index in [9.17, 15) is 14.4 Å². The van der Waals surface area contributed by atoms with Gasteiger partial charge in [-0.15, -0.1) is 0 Å². The number of carbonyl (C=O) groups is 1. The number of methoxy groups -OCH3 is 1. The van der Waals surface area contributed by atoms with E-state index in [0.717, 1.165) is 4.57 Å². The Hall–Kier alpha value is -2.08. The van der Waals surface area contributed by atoms with Gasteiger partial charge in [-0.1, -0.05) is 11.6 Å². The van der Waals surface area contributed by atoms with Gasteiger partial charge in [0, 0.05) is 5.02 Å². The third-order valence-electron chi connectivity index (χ3n) is 2.38. The highest BCUT2D eigenvalue weighted by Gasteiger charge is 2.12. The molecule has 2 aromatic rings. The maximum absolute atomic E-state index is 11.5. The molecule has 0 fully saturated rings. The molecule has 0 atom stereocenters. The van der Waals surface area contributed by atoms with Crippen LogP contribution in [0.4, 0.5) is 0 Å². The van der Waals surface area contributed by atoms with Gasteiger partial charge in [0.1, 0.15) is 6.54 Å². The summed E-state index contributed by atoms with van der Waals surface area (Å²) in [4.78, 5) is 34.3. The van der Waals surface area contributed by atoms with E-state index < -0.39 is 17.4 Å². The first kappa shape index (κ1) is 12.4. The van der Waals surface area contributed by atoms with E-state index in [4.69, 9.17) is 11.6 Å². The van der Waals surface area contributed by atoms with Gasteiger partial charge in [0.25, 0.3) is 0 Å². The Kier molecular flexibility index (Phi) is 3.20. The van der Waals surface area contributed by atoms with Gasteiger partial charge in [-0.05, 0) is 18.2 Å². The first-order chi connectivity index (χ1) is 8.52. The summed E-state index contributed by atoms with van der Waals surface area (Å²) < 4.78 is 9.99. The fourth-order valence-corrected chi connectivity index (χ4v) is 1.71. The molecule has 0 bridgehead atoms. The first-order valence-electron chi connectivity index (χ1n) is 4.93. The van der Waals surface area contributed by atoms with Gasteiger partial charge in [0.05, 0.1) is 18.0 Å². The molecule has 0 saturated carbocycles. The van der Waals surface area contributed by atoms with Crippen LogP contribution in [0.15, 0.2) is 32.2 Å². The summed E-state index contributed by atoms with van der Waals surface area (Å²) in [7, 11) is 1.20.